The van der Waals surface area contributed by atoms with Crippen molar-refractivity contribution in [2.24, 2.45) is 0 Å². The van der Waals surface area contributed by atoms with Gasteiger partial charge in [0.25, 0.3) is 5.91 Å². The predicted octanol–water partition coefficient (Wildman–Crippen LogP) is 1.17. The minimum atomic E-state index is -0.219. The summed E-state index contributed by atoms with van der Waals surface area (Å²) in [5.41, 5.74) is 3.52. The van der Waals surface area contributed by atoms with Crippen molar-refractivity contribution in [3.63, 3.8) is 0 Å². The molecule has 116 valence electrons. The van der Waals surface area contributed by atoms with E-state index >= 15 is 0 Å². The minimum absolute atomic E-state index is 0.219. The van der Waals surface area contributed by atoms with Crippen LogP contribution >= 0.6 is 0 Å². The highest BCUT2D eigenvalue weighted by molar-refractivity contribution is 5.97. The molecule has 0 saturated heterocycles. The zero-order chi connectivity index (χ0) is 15.8. The Kier molecular flexibility index (Phi) is 3.18. The van der Waals surface area contributed by atoms with Gasteiger partial charge in [-0.3, -0.25) is 4.79 Å². The molecule has 0 radical (unpaired) electrons. The van der Waals surface area contributed by atoms with Crippen LogP contribution < -0.4 is 5.32 Å². The molecule has 23 heavy (non-hydrogen) atoms. The van der Waals surface area contributed by atoms with Gasteiger partial charge in [-0.25, -0.2) is 4.98 Å². The highest BCUT2D eigenvalue weighted by Crippen LogP contribution is 2.25. The number of fused-ring (bicyclic) bond motifs is 2. The molecule has 0 atom stereocenters. The summed E-state index contributed by atoms with van der Waals surface area (Å²) in [7, 11) is 1.59. The van der Waals surface area contributed by atoms with E-state index in [-0.39, 0.29) is 5.91 Å². The first-order chi connectivity index (χ1) is 11.3. The number of carbonyl (C=O) groups is 1. The number of aromatic amines is 1. The van der Waals surface area contributed by atoms with Gasteiger partial charge in [-0.05, 0) is 17.5 Å². The fraction of sp³-hybridized carbons (Fsp3) is 0.250. The van der Waals surface area contributed by atoms with Crippen LogP contribution in [-0.2, 0) is 19.4 Å². The summed E-state index contributed by atoms with van der Waals surface area (Å²) in [5, 5.41) is 11.2. The highest BCUT2D eigenvalue weighted by Gasteiger charge is 2.24. The monoisotopic (exact) mass is 308 g/mol. The molecule has 7 nitrogen and oxygen atoms in total. The van der Waals surface area contributed by atoms with Crippen molar-refractivity contribution in [2.45, 2.75) is 19.4 Å². The number of benzene rings is 1. The zero-order valence-electron chi connectivity index (χ0n) is 12.7. The molecule has 1 aliphatic rings. The second-order valence-electron chi connectivity index (χ2n) is 5.50. The van der Waals surface area contributed by atoms with Crippen LogP contribution in [0.25, 0.3) is 11.5 Å². The average molecular weight is 308 g/mol. The number of hydrogen-bond donors (Lipinski definition) is 2. The first-order valence-electron chi connectivity index (χ1n) is 7.52. The van der Waals surface area contributed by atoms with Crippen molar-refractivity contribution in [1.29, 1.82) is 0 Å². The number of carbonyl (C=O) groups excluding carboxylic acids is 1. The predicted molar refractivity (Wildman–Crippen MR) is 83.9 cm³/mol. The molecular formula is C16H16N6O. The van der Waals surface area contributed by atoms with Gasteiger partial charge in [-0.15, -0.1) is 10.2 Å². The summed E-state index contributed by atoms with van der Waals surface area (Å²) in [6, 6.07) is 8.37. The molecule has 0 aliphatic carbocycles. The lowest BCUT2D eigenvalue weighted by Gasteiger charge is -2.08. The maximum Gasteiger partial charge on any atom is 0.269 e. The van der Waals surface area contributed by atoms with E-state index in [1.807, 2.05) is 6.07 Å². The Bertz CT molecular complexity index is 878. The lowest BCUT2D eigenvalue weighted by Crippen LogP contribution is -2.19. The van der Waals surface area contributed by atoms with Gasteiger partial charge in [0.15, 0.2) is 5.82 Å². The fourth-order valence-electron chi connectivity index (χ4n) is 3.00. The van der Waals surface area contributed by atoms with Crippen molar-refractivity contribution < 1.29 is 4.79 Å². The van der Waals surface area contributed by atoms with Crippen LogP contribution in [0.4, 0.5) is 0 Å². The van der Waals surface area contributed by atoms with Gasteiger partial charge in [0.2, 0.25) is 0 Å². The van der Waals surface area contributed by atoms with Gasteiger partial charge >= 0.3 is 0 Å². The third-order valence-corrected chi connectivity index (χ3v) is 4.20. The van der Waals surface area contributed by atoms with E-state index in [1.54, 1.807) is 7.05 Å². The number of hydrogen-bond acceptors (Lipinski definition) is 4. The molecule has 1 aliphatic heterocycles. The molecule has 1 amide bonds. The Morgan fingerprint density at radius 2 is 2.04 bits per heavy atom. The molecule has 4 rings (SSSR count). The largest absolute Gasteiger partial charge is 0.354 e. The van der Waals surface area contributed by atoms with Crippen LogP contribution in [0.5, 0.6) is 0 Å². The summed E-state index contributed by atoms with van der Waals surface area (Å²) in [6.07, 6.45) is 3.27. The maximum absolute atomic E-state index is 12.0. The Hall–Kier alpha value is -2.96. The van der Waals surface area contributed by atoms with Crippen LogP contribution in [-0.4, -0.2) is 37.7 Å². The van der Waals surface area contributed by atoms with Gasteiger partial charge in [0, 0.05) is 13.5 Å². The second kappa shape index (κ2) is 5.35. The SMILES string of the molecule is CNC(=O)c1[nH]cnc1-c1nnc2n1Cc1ccccc1CC2. The molecular weight excluding hydrogens is 292 g/mol. The van der Waals surface area contributed by atoms with Crippen molar-refractivity contribution in [1.82, 2.24) is 30.0 Å². The van der Waals surface area contributed by atoms with E-state index in [4.69, 9.17) is 0 Å². The maximum atomic E-state index is 12.0. The Morgan fingerprint density at radius 1 is 1.22 bits per heavy atom. The van der Waals surface area contributed by atoms with Crippen LogP contribution in [0.15, 0.2) is 30.6 Å². The molecule has 3 aromatic rings. The minimum Gasteiger partial charge on any atom is -0.354 e. The quantitative estimate of drug-likeness (QED) is 0.744. The Labute approximate surface area is 132 Å². The number of nitrogens with zero attached hydrogens (tertiary/aromatic N) is 4. The second-order valence-corrected chi connectivity index (χ2v) is 5.50. The molecule has 0 saturated carbocycles. The van der Waals surface area contributed by atoms with Crippen LogP contribution in [0.1, 0.15) is 27.4 Å². The van der Waals surface area contributed by atoms with E-state index in [1.165, 1.54) is 17.5 Å². The van der Waals surface area contributed by atoms with Gasteiger partial charge in [0.05, 0.1) is 12.9 Å². The van der Waals surface area contributed by atoms with E-state index in [9.17, 15) is 4.79 Å². The molecule has 0 unspecified atom stereocenters. The number of nitrogens with one attached hydrogen (secondary N) is 2. The molecule has 2 N–H and O–H groups in total. The number of aryl methyl sites for hydroxylation is 2. The summed E-state index contributed by atoms with van der Waals surface area (Å²) in [5.74, 6) is 1.32. The fourth-order valence-corrected chi connectivity index (χ4v) is 3.00. The van der Waals surface area contributed by atoms with E-state index in [0.29, 0.717) is 23.8 Å². The lowest BCUT2D eigenvalue weighted by atomic mass is 10.0. The topological polar surface area (TPSA) is 88.5 Å². The lowest BCUT2D eigenvalue weighted by molar-refractivity contribution is 0.0959. The molecule has 0 bridgehead atoms. The highest BCUT2D eigenvalue weighted by atomic mass is 16.1. The summed E-state index contributed by atoms with van der Waals surface area (Å²) in [4.78, 5) is 19.1. The molecule has 0 spiro atoms. The van der Waals surface area contributed by atoms with Crippen LogP contribution in [0.3, 0.4) is 0 Å². The summed E-state index contributed by atoms with van der Waals surface area (Å²) >= 11 is 0. The summed E-state index contributed by atoms with van der Waals surface area (Å²) in [6.45, 7) is 0.688. The van der Waals surface area contributed by atoms with Gasteiger partial charge < -0.3 is 14.9 Å². The van der Waals surface area contributed by atoms with E-state index < -0.39 is 0 Å². The van der Waals surface area contributed by atoms with E-state index in [2.05, 4.69) is 48.2 Å². The number of aromatic nitrogens is 5. The van der Waals surface area contributed by atoms with Gasteiger partial charge in [-0.2, -0.15) is 0 Å². The first-order valence-corrected chi connectivity index (χ1v) is 7.52. The molecule has 2 aromatic heterocycles. The Balaban J connectivity index is 1.82. The smallest absolute Gasteiger partial charge is 0.269 e. The van der Waals surface area contributed by atoms with Gasteiger partial charge in [0.1, 0.15) is 17.2 Å². The number of amides is 1. The van der Waals surface area contributed by atoms with E-state index in [0.717, 1.165) is 18.7 Å². The third kappa shape index (κ3) is 2.21. The molecule has 1 aromatic carbocycles. The number of rotatable bonds is 2. The van der Waals surface area contributed by atoms with Crippen LogP contribution in [0.2, 0.25) is 0 Å². The average Bonchev–Trinajstić information content (AvgIpc) is 3.16. The first kappa shape index (κ1) is 13.7. The van der Waals surface area contributed by atoms with Crippen molar-refractivity contribution in [3.05, 3.63) is 53.2 Å². The van der Waals surface area contributed by atoms with Crippen molar-refractivity contribution in [3.8, 4) is 11.5 Å². The molecule has 3 heterocycles. The molecule has 7 heteroatoms. The molecule has 0 fully saturated rings. The number of imidazole rings is 1. The summed E-state index contributed by atoms with van der Waals surface area (Å²) < 4.78 is 2.05. The van der Waals surface area contributed by atoms with Crippen molar-refractivity contribution in [2.75, 3.05) is 7.05 Å². The zero-order valence-corrected chi connectivity index (χ0v) is 12.7. The standard InChI is InChI=1S/C16H16N6O/c1-17-16(23)14-13(18-9-19-14)15-21-20-12-7-6-10-4-2-3-5-11(10)8-22(12)15/h2-5,9H,6-8H2,1H3,(H,17,23)(H,18,19). The van der Waals surface area contributed by atoms with Crippen LogP contribution in [0, 0.1) is 0 Å². The Morgan fingerprint density at radius 3 is 2.87 bits per heavy atom. The third-order valence-electron chi connectivity index (χ3n) is 4.20. The number of H-pyrrole nitrogens is 1. The van der Waals surface area contributed by atoms with Gasteiger partial charge in [-0.1, -0.05) is 24.3 Å². The van der Waals surface area contributed by atoms with Crippen molar-refractivity contribution >= 4 is 5.91 Å². The normalized spacial score (nSPS) is 13.1.